The smallest absolute Gasteiger partial charge is 0.336 e. The maximum absolute atomic E-state index is 13.0. The molecule has 28 heavy (non-hydrogen) atoms. The van der Waals surface area contributed by atoms with Crippen molar-refractivity contribution >= 4 is 22.6 Å². The second-order valence-electron chi connectivity index (χ2n) is 8.08. The lowest BCUT2D eigenvalue weighted by molar-refractivity contribution is -0.122. The van der Waals surface area contributed by atoms with Crippen molar-refractivity contribution in [1.82, 2.24) is 4.90 Å². The average Bonchev–Trinajstić information content (AvgIpc) is 2.69. The summed E-state index contributed by atoms with van der Waals surface area (Å²) in [7, 11) is 0. The quantitative estimate of drug-likeness (QED) is 0.823. The van der Waals surface area contributed by atoms with Crippen molar-refractivity contribution in [3.63, 3.8) is 0 Å². The number of hydrogen-bond acceptors (Lipinski definition) is 5. The van der Waals surface area contributed by atoms with Crippen LogP contribution in [0.4, 0.5) is 5.69 Å². The van der Waals surface area contributed by atoms with E-state index < -0.39 is 0 Å². The largest absolute Gasteiger partial charge is 0.423 e. The first kappa shape index (κ1) is 19.2. The van der Waals surface area contributed by atoms with Gasteiger partial charge in [0.1, 0.15) is 5.58 Å². The number of carbonyl (C=O) groups excluding carboxylic acids is 1. The molecule has 0 bridgehead atoms. The van der Waals surface area contributed by atoms with E-state index >= 15 is 0 Å². The number of ether oxygens (including phenoxy) is 1. The third-order valence-corrected chi connectivity index (χ3v) is 6.09. The number of fused-ring (bicyclic) bond motifs is 1. The van der Waals surface area contributed by atoms with Gasteiger partial charge >= 0.3 is 5.63 Å². The molecule has 4 rings (SSSR count). The van der Waals surface area contributed by atoms with Crippen LogP contribution in [0.2, 0.25) is 0 Å². The van der Waals surface area contributed by atoms with Gasteiger partial charge in [-0.25, -0.2) is 4.79 Å². The molecule has 6 heteroatoms. The zero-order valence-electron chi connectivity index (χ0n) is 16.6. The van der Waals surface area contributed by atoms with Crippen molar-refractivity contribution in [2.45, 2.75) is 45.6 Å². The maximum atomic E-state index is 13.0. The summed E-state index contributed by atoms with van der Waals surface area (Å²) < 4.78 is 10.8. The molecule has 0 spiro atoms. The molecule has 1 atom stereocenters. The fraction of sp³-hybridized carbons (Fsp3) is 0.545. The second kappa shape index (κ2) is 8.05. The van der Waals surface area contributed by atoms with Crippen LogP contribution in [-0.2, 0) is 9.53 Å². The molecule has 0 aliphatic carbocycles. The summed E-state index contributed by atoms with van der Waals surface area (Å²) in [5.74, 6) is 0.0794. The average molecular weight is 384 g/mol. The summed E-state index contributed by atoms with van der Waals surface area (Å²) in [4.78, 5) is 27.1. The molecule has 1 aromatic carbocycles. The lowest BCUT2D eigenvalue weighted by Crippen LogP contribution is -2.47. The van der Waals surface area contributed by atoms with Crippen LogP contribution in [0.25, 0.3) is 11.0 Å². The van der Waals surface area contributed by atoms with Gasteiger partial charge in [-0.05, 0) is 69.3 Å². The number of nitrogens with zero attached hydrogens (tertiary/aromatic N) is 1. The SMILES string of the molecule is Cc1cc2oc(=O)cc(C)c2cc1NC(=O)C1CCCN(C2CCOCC2)C1. The Morgan fingerprint density at radius 1 is 1.11 bits per heavy atom. The zero-order chi connectivity index (χ0) is 19.7. The fourth-order valence-corrected chi connectivity index (χ4v) is 4.44. The highest BCUT2D eigenvalue weighted by Gasteiger charge is 2.30. The summed E-state index contributed by atoms with van der Waals surface area (Å²) in [5, 5.41) is 3.98. The highest BCUT2D eigenvalue weighted by atomic mass is 16.5. The van der Waals surface area contributed by atoms with Gasteiger partial charge in [0.25, 0.3) is 0 Å². The van der Waals surface area contributed by atoms with Gasteiger partial charge in [-0.1, -0.05) is 0 Å². The van der Waals surface area contributed by atoms with Gasteiger partial charge in [0.2, 0.25) is 5.91 Å². The monoisotopic (exact) mass is 384 g/mol. The minimum atomic E-state index is -0.350. The standard InChI is InChI=1S/C22H28N2O4/c1-14-11-21(25)28-20-10-15(2)19(12-18(14)20)23-22(26)16-4-3-7-24(13-16)17-5-8-27-9-6-17/h10-12,16-17H,3-9,13H2,1-2H3,(H,23,26). The molecule has 2 aromatic rings. The molecule has 2 aliphatic rings. The molecule has 1 aromatic heterocycles. The number of anilines is 1. The lowest BCUT2D eigenvalue weighted by atomic mass is 9.94. The van der Waals surface area contributed by atoms with E-state index in [4.69, 9.17) is 9.15 Å². The number of carbonyl (C=O) groups is 1. The number of benzene rings is 1. The highest BCUT2D eigenvalue weighted by Crippen LogP contribution is 2.28. The van der Waals surface area contributed by atoms with Crippen LogP contribution in [-0.4, -0.2) is 43.2 Å². The maximum Gasteiger partial charge on any atom is 0.336 e. The van der Waals surface area contributed by atoms with Crippen LogP contribution in [0.5, 0.6) is 0 Å². The topological polar surface area (TPSA) is 71.8 Å². The predicted octanol–water partition coefficient (Wildman–Crippen LogP) is 3.24. The molecule has 1 amide bonds. The molecule has 2 saturated heterocycles. The van der Waals surface area contributed by atoms with E-state index in [-0.39, 0.29) is 17.5 Å². The fourth-order valence-electron chi connectivity index (χ4n) is 4.44. The lowest BCUT2D eigenvalue weighted by Gasteiger charge is -2.39. The molecule has 2 aliphatic heterocycles. The van der Waals surface area contributed by atoms with Crippen LogP contribution < -0.4 is 10.9 Å². The van der Waals surface area contributed by atoms with Crippen molar-refractivity contribution in [3.05, 3.63) is 39.7 Å². The molecular formula is C22H28N2O4. The van der Waals surface area contributed by atoms with E-state index in [2.05, 4.69) is 10.2 Å². The van der Waals surface area contributed by atoms with Crippen LogP contribution in [0, 0.1) is 19.8 Å². The molecule has 6 nitrogen and oxygen atoms in total. The molecule has 3 heterocycles. The molecule has 0 saturated carbocycles. The Labute approximate surface area is 164 Å². The van der Waals surface area contributed by atoms with Gasteiger partial charge in [0.05, 0.1) is 5.92 Å². The summed E-state index contributed by atoms with van der Waals surface area (Å²) in [6, 6.07) is 5.77. The molecular weight excluding hydrogens is 356 g/mol. The summed E-state index contributed by atoms with van der Waals surface area (Å²) in [5.41, 5.74) is 2.75. The summed E-state index contributed by atoms with van der Waals surface area (Å²) in [6.07, 6.45) is 4.09. The number of hydrogen-bond donors (Lipinski definition) is 1. The third-order valence-electron chi connectivity index (χ3n) is 6.09. The number of piperidine rings is 1. The second-order valence-corrected chi connectivity index (χ2v) is 8.08. The minimum Gasteiger partial charge on any atom is -0.423 e. The first-order valence-corrected chi connectivity index (χ1v) is 10.2. The number of rotatable bonds is 3. The molecule has 1 unspecified atom stereocenters. The summed E-state index contributed by atoms with van der Waals surface area (Å²) >= 11 is 0. The molecule has 0 radical (unpaired) electrons. The Hall–Kier alpha value is -2.18. The van der Waals surface area contributed by atoms with Crippen LogP contribution in [0.15, 0.2) is 27.4 Å². The Kier molecular flexibility index (Phi) is 5.51. The van der Waals surface area contributed by atoms with Gasteiger partial charge < -0.3 is 14.5 Å². The predicted molar refractivity (Wildman–Crippen MR) is 109 cm³/mol. The van der Waals surface area contributed by atoms with Crippen LogP contribution in [0.1, 0.15) is 36.8 Å². The normalized spacial score (nSPS) is 21.7. The van der Waals surface area contributed by atoms with E-state index in [9.17, 15) is 9.59 Å². The van der Waals surface area contributed by atoms with E-state index in [1.807, 2.05) is 26.0 Å². The number of nitrogens with one attached hydrogen (secondary N) is 1. The van der Waals surface area contributed by atoms with Gasteiger partial charge in [0.15, 0.2) is 0 Å². The number of aryl methyl sites for hydroxylation is 2. The zero-order valence-corrected chi connectivity index (χ0v) is 16.6. The van der Waals surface area contributed by atoms with Gasteiger partial charge in [0, 0.05) is 42.9 Å². The van der Waals surface area contributed by atoms with Crippen LogP contribution in [0.3, 0.4) is 0 Å². The van der Waals surface area contributed by atoms with Crippen molar-refractivity contribution in [3.8, 4) is 0 Å². The van der Waals surface area contributed by atoms with Crippen LogP contribution >= 0.6 is 0 Å². The number of likely N-dealkylation sites (tertiary alicyclic amines) is 1. The Morgan fingerprint density at radius 3 is 2.68 bits per heavy atom. The first-order valence-electron chi connectivity index (χ1n) is 10.2. The van der Waals surface area contributed by atoms with E-state index in [0.29, 0.717) is 11.6 Å². The highest BCUT2D eigenvalue weighted by molar-refractivity contribution is 5.96. The number of amides is 1. The third kappa shape index (κ3) is 3.98. The Balaban J connectivity index is 1.49. The van der Waals surface area contributed by atoms with E-state index in [0.717, 1.165) is 74.2 Å². The minimum absolute atomic E-state index is 0.00138. The van der Waals surface area contributed by atoms with Gasteiger partial charge in [-0.2, -0.15) is 0 Å². The van der Waals surface area contributed by atoms with Gasteiger partial charge in [-0.3, -0.25) is 9.69 Å². The van der Waals surface area contributed by atoms with E-state index in [1.165, 1.54) is 6.07 Å². The summed E-state index contributed by atoms with van der Waals surface area (Å²) in [6.45, 7) is 7.34. The molecule has 150 valence electrons. The Morgan fingerprint density at radius 2 is 1.89 bits per heavy atom. The molecule has 1 N–H and O–H groups in total. The van der Waals surface area contributed by atoms with Crippen molar-refractivity contribution in [2.75, 3.05) is 31.6 Å². The van der Waals surface area contributed by atoms with Crippen molar-refractivity contribution in [1.29, 1.82) is 0 Å². The Bertz CT molecular complexity index is 930. The van der Waals surface area contributed by atoms with Crippen molar-refractivity contribution < 1.29 is 13.9 Å². The van der Waals surface area contributed by atoms with Crippen molar-refractivity contribution in [2.24, 2.45) is 5.92 Å². The van der Waals surface area contributed by atoms with Gasteiger partial charge in [-0.15, -0.1) is 0 Å². The molecule has 2 fully saturated rings. The first-order chi connectivity index (χ1) is 13.5. The van der Waals surface area contributed by atoms with E-state index in [1.54, 1.807) is 0 Å².